The number of aliphatic hydroxyl groups is 1. The van der Waals surface area contributed by atoms with E-state index in [0.717, 1.165) is 0 Å². The summed E-state index contributed by atoms with van der Waals surface area (Å²) < 4.78 is 0. The van der Waals surface area contributed by atoms with Crippen LogP contribution in [0.1, 0.15) is 6.92 Å². The summed E-state index contributed by atoms with van der Waals surface area (Å²) in [6.45, 7) is 1.66. The van der Waals surface area contributed by atoms with Gasteiger partial charge in [-0.25, -0.2) is 0 Å². The summed E-state index contributed by atoms with van der Waals surface area (Å²) in [6, 6.07) is 0. The van der Waals surface area contributed by atoms with Crippen LogP contribution in [0.25, 0.3) is 0 Å². The summed E-state index contributed by atoms with van der Waals surface area (Å²) in [5.41, 5.74) is -0.997. The zero-order valence-corrected chi connectivity index (χ0v) is 6.95. The summed E-state index contributed by atoms with van der Waals surface area (Å²) in [5.74, 6) is 0. The molecule has 0 aliphatic carbocycles. The van der Waals surface area contributed by atoms with E-state index in [4.69, 9.17) is 0 Å². The van der Waals surface area contributed by atoms with E-state index in [9.17, 15) is 5.11 Å². The molecule has 0 fully saturated rings. The Balaban J connectivity index is 3.97. The van der Waals surface area contributed by atoms with Crippen molar-refractivity contribution in [2.24, 2.45) is 0 Å². The summed E-state index contributed by atoms with van der Waals surface area (Å²) in [6.07, 6.45) is 0.648. The first-order valence-corrected chi connectivity index (χ1v) is 3.22. The minimum Gasteiger partial charge on any atom is -0.373 e. The maximum Gasteiger partial charge on any atom is 0.148 e. The summed E-state index contributed by atoms with van der Waals surface area (Å²) in [5, 5.41) is 17.9. The number of nitrogens with one attached hydrogen (secondary N) is 3. The zero-order chi connectivity index (χ0) is 8.20. The highest BCUT2D eigenvalue weighted by molar-refractivity contribution is 4.97. The molecule has 4 heteroatoms. The average molecular weight is 146 g/mol. The second-order valence-corrected chi connectivity index (χ2v) is 2.20. The lowest BCUT2D eigenvalue weighted by Crippen LogP contribution is -2.55. The van der Waals surface area contributed by atoms with Gasteiger partial charge in [0.15, 0.2) is 0 Å². The van der Waals surface area contributed by atoms with Crippen molar-refractivity contribution >= 4 is 0 Å². The molecule has 4 nitrogen and oxygen atoms in total. The average Bonchev–Trinajstić information content (AvgIpc) is 1.90. The molecule has 1 atom stereocenters. The molecule has 0 bridgehead atoms. The van der Waals surface area contributed by atoms with Gasteiger partial charge >= 0.3 is 0 Å². The Bertz CT molecular complexity index is 91.0. The monoisotopic (exact) mass is 146 g/mol. The fourth-order valence-electron chi connectivity index (χ4n) is 0.737. The van der Waals surface area contributed by atoms with E-state index in [1.54, 1.807) is 28.1 Å². The molecule has 0 aromatic rings. The SMILES string of the molecule is CN[C](NC)C(C)(O)NC. The number of likely N-dealkylation sites (N-methyl/N-ethyl adjacent to an activating group) is 3. The Morgan fingerprint density at radius 1 is 1.20 bits per heavy atom. The third-order valence-electron chi connectivity index (χ3n) is 1.47. The minimum atomic E-state index is -0.997. The van der Waals surface area contributed by atoms with E-state index in [-0.39, 0.29) is 0 Å². The van der Waals surface area contributed by atoms with Crippen molar-refractivity contribution in [3.63, 3.8) is 0 Å². The smallest absolute Gasteiger partial charge is 0.148 e. The van der Waals surface area contributed by atoms with Gasteiger partial charge in [0.2, 0.25) is 0 Å². The van der Waals surface area contributed by atoms with Crippen molar-refractivity contribution in [1.29, 1.82) is 0 Å². The Kier molecular flexibility index (Phi) is 3.81. The highest BCUT2D eigenvalue weighted by Gasteiger charge is 2.28. The molecular weight excluding hydrogens is 130 g/mol. The first kappa shape index (κ1) is 9.84. The molecule has 0 saturated heterocycles. The number of rotatable bonds is 4. The maximum absolute atomic E-state index is 9.51. The van der Waals surface area contributed by atoms with E-state index < -0.39 is 5.72 Å². The van der Waals surface area contributed by atoms with E-state index in [0.29, 0.717) is 6.17 Å². The van der Waals surface area contributed by atoms with Gasteiger partial charge < -0.3 is 5.11 Å². The molecule has 0 saturated carbocycles. The van der Waals surface area contributed by atoms with E-state index in [1.165, 1.54) is 0 Å². The normalized spacial score (nSPS) is 17.4. The van der Waals surface area contributed by atoms with Crippen LogP contribution in [-0.2, 0) is 0 Å². The molecule has 0 aromatic carbocycles. The molecule has 0 spiro atoms. The van der Waals surface area contributed by atoms with Gasteiger partial charge in [0.25, 0.3) is 0 Å². The Labute approximate surface area is 62.0 Å². The maximum atomic E-state index is 9.51. The molecule has 0 aliphatic rings. The van der Waals surface area contributed by atoms with Crippen LogP contribution in [0.2, 0.25) is 0 Å². The molecular formula is C6H16N3O. The standard InChI is InChI=1S/C6H16N3O/c1-6(10,9-4)5(7-2)8-3/h7-10H,1-4H3. The second-order valence-electron chi connectivity index (χ2n) is 2.20. The summed E-state index contributed by atoms with van der Waals surface area (Å²) >= 11 is 0. The van der Waals surface area contributed by atoms with Crippen LogP contribution in [0, 0.1) is 6.17 Å². The molecule has 1 unspecified atom stereocenters. The third kappa shape index (κ3) is 2.22. The lowest BCUT2D eigenvalue weighted by atomic mass is 10.2. The van der Waals surface area contributed by atoms with Crippen LogP contribution in [-0.4, -0.2) is 32.0 Å². The molecule has 0 heterocycles. The molecule has 61 valence electrons. The van der Waals surface area contributed by atoms with Crippen molar-refractivity contribution in [3.8, 4) is 0 Å². The van der Waals surface area contributed by atoms with Crippen LogP contribution in [0.5, 0.6) is 0 Å². The Morgan fingerprint density at radius 2 is 1.60 bits per heavy atom. The fourth-order valence-corrected chi connectivity index (χ4v) is 0.737. The quantitative estimate of drug-likeness (QED) is 0.378. The third-order valence-corrected chi connectivity index (χ3v) is 1.47. The molecule has 0 rings (SSSR count). The molecule has 4 N–H and O–H groups in total. The molecule has 0 aliphatic heterocycles. The van der Waals surface area contributed by atoms with Crippen LogP contribution >= 0.6 is 0 Å². The number of hydrogen-bond acceptors (Lipinski definition) is 4. The van der Waals surface area contributed by atoms with E-state index in [2.05, 4.69) is 16.0 Å². The van der Waals surface area contributed by atoms with Crippen LogP contribution in [0.4, 0.5) is 0 Å². The Morgan fingerprint density at radius 3 is 1.70 bits per heavy atom. The van der Waals surface area contributed by atoms with Gasteiger partial charge in [-0.05, 0) is 28.1 Å². The molecule has 10 heavy (non-hydrogen) atoms. The highest BCUT2D eigenvalue weighted by Crippen LogP contribution is 2.07. The van der Waals surface area contributed by atoms with Crippen molar-refractivity contribution in [2.45, 2.75) is 12.6 Å². The second kappa shape index (κ2) is 3.88. The molecule has 1 radical (unpaired) electrons. The van der Waals surface area contributed by atoms with Crippen LogP contribution in [0.15, 0.2) is 0 Å². The van der Waals surface area contributed by atoms with Gasteiger partial charge in [-0.1, -0.05) is 0 Å². The lowest BCUT2D eigenvalue weighted by molar-refractivity contribution is 0.0296. The summed E-state index contributed by atoms with van der Waals surface area (Å²) in [4.78, 5) is 0. The van der Waals surface area contributed by atoms with E-state index >= 15 is 0 Å². The van der Waals surface area contributed by atoms with Gasteiger partial charge in [0.1, 0.15) is 11.9 Å². The Hall–Kier alpha value is -0.160. The molecule has 0 amide bonds. The zero-order valence-electron chi connectivity index (χ0n) is 6.95. The van der Waals surface area contributed by atoms with Gasteiger partial charge in [0, 0.05) is 0 Å². The van der Waals surface area contributed by atoms with Crippen molar-refractivity contribution in [3.05, 3.63) is 6.17 Å². The van der Waals surface area contributed by atoms with Crippen LogP contribution < -0.4 is 16.0 Å². The largest absolute Gasteiger partial charge is 0.373 e. The van der Waals surface area contributed by atoms with Crippen molar-refractivity contribution in [1.82, 2.24) is 16.0 Å². The topological polar surface area (TPSA) is 56.3 Å². The first-order chi connectivity index (χ1) is 4.58. The van der Waals surface area contributed by atoms with E-state index in [1.807, 2.05) is 0 Å². The van der Waals surface area contributed by atoms with Crippen molar-refractivity contribution in [2.75, 3.05) is 21.1 Å². The predicted molar refractivity (Wildman–Crippen MR) is 41.0 cm³/mol. The fraction of sp³-hybridized carbons (Fsp3) is 0.833. The predicted octanol–water partition coefficient (Wildman–Crippen LogP) is -1.16. The number of hydrogen-bond donors (Lipinski definition) is 4. The molecule has 0 aromatic heterocycles. The van der Waals surface area contributed by atoms with Gasteiger partial charge in [-0.15, -0.1) is 0 Å². The van der Waals surface area contributed by atoms with Crippen molar-refractivity contribution < 1.29 is 5.11 Å². The van der Waals surface area contributed by atoms with Crippen LogP contribution in [0.3, 0.4) is 0 Å². The lowest BCUT2D eigenvalue weighted by Gasteiger charge is -2.30. The van der Waals surface area contributed by atoms with Gasteiger partial charge in [-0.2, -0.15) is 0 Å². The van der Waals surface area contributed by atoms with Gasteiger partial charge in [0.05, 0.1) is 0 Å². The summed E-state index contributed by atoms with van der Waals surface area (Å²) in [7, 11) is 5.18. The first-order valence-electron chi connectivity index (χ1n) is 3.22. The highest BCUT2D eigenvalue weighted by atomic mass is 16.3. The minimum absolute atomic E-state index is 0.648. The van der Waals surface area contributed by atoms with Gasteiger partial charge in [-0.3, -0.25) is 16.0 Å².